The SMILES string of the molecule is CNCCC#Cc1cc(C#N)ccc1OC. The summed E-state index contributed by atoms with van der Waals surface area (Å²) in [5, 5.41) is 11.8. The lowest BCUT2D eigenvalue weighted by Crippen LogP contribution is -2.05. The second-order valence-electron chi connectivity index (χ2n) is 3.18. The quantitative estimate of drug-likeness (QED) is 0.613. The lowest BCUT2D eigenvalue weighted by molar-refractivity contribution is 0.413. The van der Waals surface area contributed by atoms with Gasteiger partial charge >= 0.3 is 0 Å². The lowest BCUT2D eigenvalue weighted by Gasteiger charge is -2.02. The van der Waals surface area contributed by atoms with Crippen LogP contribution >= 0.6 is 0 Å². The maximum Gasteiger partial charge on any atom is 0.134 e. The molecular formula is C13H14N2O. The van der Waals surface area contributed by atoms with Gasteiger partial charge in [-0.3, -0.25) is 0 Å². The van der Waals surface area contributed by atoms with Crippen LogP contribution in [0, 0.1) is 23.2 Å². The zero-order chi connectivity index (χ0) is 11.8. The van der Waals surface area contributed by atoms with E-state index in [2.05, 4.69) is 23.2 Å². The Hall–Kier alpha value is -1.97. The molecule has 0 amide bonds. The van der Waals surface area contributed by atoms with Crippen LogP contribution in [0.4, 0.5) is 0 Å². The Balaban J connectivity index is 2.90. The summed E-state index contributed by atoms with van der Waals surface area (Å²) in [6, 6.07) is 7.31. The Kier molecular flexibility index (Phi) is 4.92. The largest absolute Gasteiger partial charge is 0.495 e. The van der Waals surface area contributed by atoms with Crippen molar-refractivity contribution in [3.05, 3.63) is 29.3 Å². The summed E-state index contributed by atoms with van der Waals surface area (Å²) in [7, 11) is 3.48. The molecule has 1 aromatic carbocycles. The van der Waals surface area contributed by atoms with Crippen LogP contribution in [-0.4, -0.2) is 20.7 Å². The number of rotatable bonds is 3. The van der Waals surface area contributed by atoms with Crippen molar-refractivity contribution < 1.29 is 4.74 Å². The number of nitriles is 1. The molecule has 0 aliphatic carbocycles. The van der Waals surface area contributed by atoms with Crippen molar-refractivity contribution in [2.24, 2.45) is 0 Å². The van der Waals surface area contributed by atoms with Gasteiger partial charge in [0.25, 0.3) is 0 Å². The molecule has 16 heavy (non-hydrogen) atoms. The normalized spacial score (nSPS) is 8.81. The van der Waals surface area contributed by atoms with Crippen LogP contribution in [0.1, 0.15) is 17.5 Å². The molecule has 0 spiro atoms. The molecule has 0 heterocycles. The molecule has 0 fully saturated rings. The van der Waals surface area contributed by atoms with Crippen LogP contribution in [0.3, 0.4) is 0 Å². The van der Waals surface area contributed by atoms with Crippen molar-refractivity contribution >= 4 is 0 Å². The van der Waals surface area contributed by atoms with Crippen LogP contribution in [-0.2, 0) is 0 Å². The predicted octanol–water partition coefficient (Wildman–Crippen LogP) is 1.53. The van der Waals surface area contributed by atoms with Crippen molar-refractivity contribution in [2.75, 3.05) is 20.7 Å². The summed E-state index contributed by atoms with van der Waals surface area (Å²) in [4.78, 5) is 0. The van der Waals surface area contributed by atoms with E-state index in [1.807, 2.05) is 7.05 Å². The molecule has 0 aromatic heterocycles. The van der Waals surface area contributed by atoms with Crippen LogP contribution in [0.25, 0.3) is 0 Å². The zero-order valence-corrected chi connectivity index (χ0v) is 9.50. The number of methoxy groups -OCH3 is 1. The number of benzene rings is 1. The average molecular weight is 214 g/mol. The molecule has 1 rings (SSSR count). The number of hydrogen-bond donors (Lipinski definition) is 1. The third-order valence-electron chi connectivity index (χ3n) is 2.05. The average Bonchev–Trinajstić information content (AvgIpc) is 2.34. The lowest BCUT2D eigenvalue weighted by atomic mass is 10.1. The highest BCUT2D eigenvalue weighted by molar-refractivity contribution is 5.50. The van der Waals surface area contributed by atoms with Crippen LogP contribution in [0.15, 0.2) is 18.2 Å². The van der Waals surface area contributed by atoms with E-state index in [4.69, 9.17) is 10.00 Å². The van der Waals surface area contributed by atoms with Gasteiger partial charge in [-0.25, -0.2) is 0 Å². The second-order valence-corrected chi connectivity index (χ2v) is 3.18. The molecule has 0 saturated heterocycles. The van der Waals surface area contributed by atoms with E-state index >= 15 is 0 Å². The Bertz CT molecular complexity index is 449. The molecule has 0 aliphatic rings. The minimum absolute atomic E-state index is 0.596. The maximum absolute atomic E-state index is 8.79. The number of hydrogen-bond acceptors (Lipinski definition) is 3. The van der Waals surface area contributed by atoms with Crippen molar-refractivity contribution in [3.63, 3.8) is 0 Å². The van der Waals surface area contributed by atoms with E-state index in [0.717, 1.165) is 18.5 Å². The monoisotopic (exact) mass is 214 g/mol. The van der Waals surface area contributed by atoms with Crippen molar-refractivity contribution in [3.8, 4) is 23.7 Å². The van der Waals surface area contributed by atoms with Gasteiger partial charge in [-0.2, -0.15) is 5.26 Å². The zero-order valence-electron chi connectivity index (χ0n) is 9.50. The molecule has 0 atom stereocenters. The van der Waals surface area contributed by atoms with Gasteiger partial charge in [0.1, 0.15) is 5.75 Å². The van der Waals surface area contributed by atoms with Crippen molar-refractivity contribution in [2.45, 2.75) is 6.42 Å². The molecule has 0 radical (unpaired) electrons. The van der Waals surface area contributed by atoms with Crippen molar-refractivity contribution in [1.82, 2.24) is 5.32 Å². The molecule has 0 aliphatic heterocycles. The summed E-state index contributed by atoms with van der Waals surface area (Å²) in [6.07, 6.45) is 0.774. The Morgan fingerprint density at radius 3 is 2.88 bits per heavy atom. The fourth-order valence-electron chi connectivity index (χ4n) is 1.22. The fourth-order valence-corrected chi connectivity index (χ4v) is 1.22. The standard InChI is InChI=1S/C13H14N2O/c1-15-8-4-3-5-12-9-11(10-14)6-7-13(12)16-2/h6-7,9,15H,4,8H2,1-2H3. The first-order valence-corrected chi connectivity index (χ1v) is 5.03. The topological polar surface area (TPSA) is 45.0 Å². The Morgan fingerprint density at radius 1 is 1.44 bits per heavy atom. The summed E-state index contributed by atoms with van der Waals surface area (Å²) in [6.45, 7) is 0.854. The third-order valence-corrected chi connectivity index (χ3v) is 2.05. The molecular weight excluding hydrogens is 200 g/mol. The first-order valence-electron chi connectivity index (χ1n) is 5.03. The first-order chi connectivity index (χ1) is 7.81. The molecule has 1 aromatic rings. The minimum atomic E-state index is 0.596. The van der Waals surface area contributed by atoms with Crippen LogP contribution < -0.4 is 10.1 Å². The predicted molar refractivity (Wildman–Crippen MR) is 63.1 cm³/mol. The van der Waals surface area contributed by atoms with Gasteiger partial charge in [0.2, 0.25) is 0 Å². The molecule has 82 valence electrons. The highest BCUT2D eigenvalue weighted by Crippen LogP contribution is 2.18. The molecule has 3 heteroatoms. The van der Waals surface area contributed by atoms with Gasteiger partial charge in [-0.05, 0) is 25.2 Å². The Labute approximate surface area is 96.0 Å². The molecule has 1 N–H and O–H groups in total. The molecule has 0 bridgehead atoms. The third kappa shape index (κ3) is 3.31. The van der Waals surface area contributed by atoms with E-state index in [-0.39, 0.29) is 0 Å². The summed E-state index contributed by atoms with van der Waals surface area (Å²) >= 11 is 0. The van der Waals surface area contributed by atoms with E-state index < -0.39 is 0 Å². The molecule has 0 saturated carbocycles. The van der Waals surface area contributed by atoms with E-state index in [9.17, 15) is 0 Å². The highest BCUT2D eigenvalue weighted by Gasteiger charge is 2.00. The summed E-state index contributed by atoms with van der Waals surface area (Å²) < 4.78 is 5.17. The van der Waals surface area contributed by atoms with Gasteiger partial charge in [-0.15, -0.1) is 0 Å². The summed E-state index contributed by atoms with van der Waals surface area (Å²) in [5.41, 5.74) is 1.36. The van der Waals surface area contributed by atoms with Gasteiger partial charge in [-0.1, -0.05) is 11.8 Å². The molecule has 3 nitrogen and oxygen atoms in total. The van der Waals surface area contributed by atoms with Gasteiger partial charge in [0, 0.05) is 13.0 Å². The number of ether oxygens (including phenoxy) is 1. The van der Waals surface area contributed by atoms with Gasteiger partial charge in [0.15, 0.2) is 0 Å². The first kappa shape index (κ1) is 12.1. The number of nitrogens with zero attached hydrogens (tertiary/aromatic N) is 1. The van der Waals surface area contributed by atoms with Crippen LogP contribution in [0.5, 0.6) is 5.75 Å². The van der Waals surface area contributed by atoms with E-state index in [0.29, 0.717) is 11.3 Å². The van der Waals surface area contributed by atoms with E-state index in [1.54, 1.807) is 25.3 Å². The number of nitrogens with one attached hydrogen (secondary N) is 1. The van der Waals surface area contributed by atoms with Gasteiger partial charge < -0.3 is 10.1 Å². The van der Waals surface area contributed by atoms with Crippen LogP contribution in [0.2, 0.25) is 0 Å². The maximum atomic E-state index is 8.79. The Morgan fingerprint density at radius 2 is 2.25 bits per heavy atom. The molecule has 0 unspecified atom stereocenters. The minimum Gasteiger partial charge on any atom is -0.495 e. The highest BCUT2D eigenvalue weighted by atomic mass is 16.5. The smallest absolute Gasteiger partial charge is 0.134 e. The van der Waals surface area contributed by atoms with Crippen molar-refractivity contribution in [1.29, 1.82) is 5.26 Å². The van der Waals surface area contributed by atoms with Gasteiger partial charge in [0.05, 0.1) is 24.3 Å². The van der Waals surface area contributed by atoms with E-state index in [1.165, 1.54) is 0 Å². The summed E-state index contributed by atoms with van der Waals surface area (Å²) in [5.74, 6) is 6.74. The fraction of sp³-hybridized carbons (Fsp3) is 0.308. The second kappa shape index (κ2) is 6.50.